The number of benzene rings is 1. The molecular weight excluding hydrogens is 220 g/mol. The summed E-state index contributed by atoms with van der Waals surface area (Å²) in [4.78, 5) is 0. The van der Waals surface area contributed by atoms with Crippen LogP contribution in [0.15, 0.2) is 41.4 Å². The molecule has 0 atom stereocenters. The second kappa shape index (κ2) is 4.99. The fourth-order valence-electron chi connectivity index (χ4n) is 1.37. The minimum atomic E-state index is 0.827. The number of methoxy groups -OCH3 is 1. The Morgan fingerprint density at radius 3 is 2.62 bits per heavy atom. The number of aromatic nitrogens is 2. The summed E-state index contributed by atoms with van der Waals surface area (Å²) in [7, 11) is 1.65. The average Bonchev–Trinajstić information content (AvgIpc) is 2.39. The minimum absolute atomic E-state index is 0.827. The number of thioether (sulfide) groups is 1. The van der Waals surface area contributed by atoms with E-state index in [-0.39, 0.29) is 0 Å². The van der Waals surface area contributed by atoms with E-state index in [1.807, 2.05) is 42.7 Å². The Morgan fingerprint density at radius 1 is 1.12 bits per heavy atom. The van der Waals surface area contributed by atoms with Crippen LogP contribution >= 0.6 is 11.8 Å². The maximum absolute atomic E-state index is 5.17. The van der Waals surface area contributed by atoms with Gasteiger partial charge in [-0.2, -0.15) is 0 Å². The summed E-state index contributed by atoms with van der Waals surface area (Å²) in [5, 5.41) is 9.19. The zero-order valence-corrected chi connectivity index (χ0v) is 9.99. The van der Waals surface area contributed by atoms with Crippen LogP contribution in [0.2, 0.25) is 0 Å². The SMILES string of the molecule is COc1cccc(-c2ccc(SC)nn2)c1. The first-order valence-corrected chi connectivity index (χ1v) is 6.08. The first-order chi connectivity index (χ1) is 7.83. The Balaban J connectivity index is 2.34. The number of hydrogen-bond donors (Lipinski definition) is 0. The van der Waals surface area contributed by atoms with Crippen molar-refractivity contribution in [2.75, 3.05) is 13.4 Å². The van der Waals surface area contributed by atoms with E-state index in [0.717, 1.165) is 22.0 Å². The Kier molecular flexibility index (Phi) is 3.41. The van der Waals surface area contributed by atoms with Crippen molar-refractivity contribution in [2.45, 2.75) is 5.03 Å². The van der Waals surface area contributed by atoms with Crippen LogP contribution in [0.25, 0.3) is 11.3 Å². The number of ether oxygens (including phenoxy) is 1. The second-order valence-electron chi connectivity index (χ2n) is 3.19. The second-order valence-corrected chi connectivity index (χ2v) is 4.02. The lowest BCUT2D eigenvalue weighted by Gasteiger charge is -2.03. The van der Waals surface area contributed by atoms with E-state index in [1.54, 1.807) is 18.9 Å². The molecule has 1 aromatic heterocycles. The van der Waals surface area contributed by atoms with Gasteiger partial charge >= 0.3 is 0 Å². The van der Waals surface area contributed by atoms with Gasteiger partial charge in [0.05, 0.1) is 12.8 Å². The van der Waals surface area contributed by atoms with Crippen LogP contribution in [0.5, 0.6) is 5.75 Å². The lowest BCUT2D eigenvalue weighted by Crippen LogP contribution is -1.89. The number of rotatable bonds is 3. The highest BCUT2D eigenvalue weighted by molar-refractivity contribution is 7.98. The van der Waals surface area contributed by atoms with Crippen LogP contribution in [-0.2, 0) is 0 Å². The summed E-state index contributed by atoms with van der Waals surface area (Å²) in [5.74, 6) is 0.827. The molecule has 2 aromatic rings. The molecule has 0 bridgehead atoms. The van der Waals surface area contributed by atoms with Gasteiger partial charge in [-0.1, -0.05) is 12.1 Å². The molecule has 0 aliphatic rings. The molecule has 0 amide bonds. The van der Waals surface area contributed by atoms with E-state index in [2.05, 4.69) is 10.2 Å². The van der Waals surface area contributed by atoms with Crippen molar-refractivity contribution in [1.29, 1.82) is 0 Å². The van der Waals surface area contributed by atoms with Gasteiger partial charge in [0.2, 0.25) is 0 Å². The molecular formula is C12H12N2OS. The zero-order chi connectivity index (χ0) is 11.4. The third-order valence-electron chi connectivity index (χ3n) is 2.21. The van der Waals surface area contributed by atoms with Gasteiger partial charge < -0.3 is 4.74 Å². The molecule has 0 unspecified atom stereocenters. The largest absolute Gasteiger partial charge is 0.497 e. The van der Waals surface area contributed by atoms with Gasteiger partial charge in [-0.25, -0.2) is 0 Å². The quantitative estimate of drug-likeness (QED) is 0.762. The highest BCUT2D eigenvalue weighted by Crippen LogP contribution is 2.22. The fraction of sp³-hybridized carbons (Fsp3) is 0.167. The summed E-state index contributed by atoms with van der Waals surface area (Å²) >= 11 is 1.58. The third-order valence-corrected chi connectivity index (χ3v) is 2.85. The Labute approximate surface area is 98.9 Å². The van der Waals surface area contributed by atoms with E-state index < -0.39 is 0 Å². The standard InChI is InChI=1S/C12H12N2OS/c1-15-10-5-3-4-9(8-10)11-6-7-12(16-2)14-13-11/h3-8H,1-2H3. The van der Waals surface area contributed by atoms with Crippen molar-refractivity contribution in [2.24, 2.45) is 0 Å². The fourth-order valence-corrected chi connectivity index (χ4v) is 1.69. The maximum atomic E-state index is 5.17. The first kappa shape index (κ1) is 11.0. The summed E-state index contributed by atoms with van der Waals surface area (Å²) < 4.78 is 5.17. The molecule has 1 heterocycles. The van der Waals surface area contributed by atoms with Crippen LogP contribution in [0.1, 0.15) is 0 Å². The van der Waals surface area contributed by atoms with E-state index in [1.165, 1.54) is 0 Å². The molecule has 0 saturated carbocycles. The van der Waals surface area contributed by atoms with Crippen molar-refractivity contribution in [3.05, 3.63) is 36.4 Å². The third kappa shape index (κ3) is 2.33. The van der Waals surface area contributed by atoms with Gasteiger partial charge in [-0.05, 0) is 30.5 Å². The monoisotopic (exact) mass is 232 g/mol. The average molecular weight is 232 g/mol. The van der Waals surface area contributed by atoms with Crippen LogP contribution in [-0.4, -0.2) is 23.6 Å². The maximum Gasteiger partial charge on any atom is 0.119 e. The predicted octanol–water partition coefficient (Wildman–Crippen LogP) is 2.87. The van der Waals surface area contributed by atoms with Crippen molar-refractivity contribution in [1.82, 2.24) is 10.2 Å². The molecule has 82 valence electrons. The smallest absolute Gasteiger partial charge is 0.119 e. The van der Waals surface area contributed by atoms with Crippen molar-refractivity contribution in [3.63, 3.8) is 0 Å². The molecule has 0 aliphatic heterocycles. The van der Waals surface area contributed by atoms with Crippen LogP contribution in [0.3, 0.4) is 0 Å². The Hall–Kier alpha value is -1.55. The number of nitrogens with zero attached hydrogens (tertiary/aromatic N) is 2. The molecule has 16 heavy (non-hydrogen) atoms. The van der Waals surface area contributed by atoms with Gasteiger partial charge in [0.25, 0.3) is 0 Å². The zero-order valence-electron chi connectivity index (χ0n) is 9.18. The van der Waals surface area contributed by atoms with Gasteiger partial charge in [0.15, 0.2) is 0 Å². The molecule has 0 N–H and O–H groups in total. The van der Waals surface area contributed by atoms with E-state index in [0.29, 0.717) is 0 Å². The highest BCUT2D eigenvalue weighted by atomic mass is 32.2. The van der Waals surface area contributed by atoms with Gasteiger partial charge in [-0.3, -0.25) is 0 Å². The summed E-state index contributed by atoms with van der Waals surface area (Å²) in [6.45, 7) is 0. The minimum Gasteiger partial charge on any atom is -0.497 e. The molecule has 0 aliphatic carbocycles. The molecule has 2 rings (SSSR count). The lowest BCUT2D eigenvalue weighted by atomic mass is 10.1. The summed E-state index contributed by atoms with van der Waals surface area (Å²) in [5.41, 5.74) is 1.87. The molecule has 4 heteroatoms. The molecule has 3 nitrogen and oxygen atoms in total. The topological polar surface area (TPSA) is 35.0 Å². The first-order valence-electron chi connectivity index (χ1n) is 4.85. The molecule has 0 radical (unpaired) electrons. The van der Waals surface area contributed by atoms with Crippen molar-refractivity contribution in [3.8, 4) is 17.0 Å². The predicted molar refractivity (Wildman–Crippen MR) is 65.8 cm³/mol. The number of hydrogen-bond acceptors (Lipinski definition) is 4. The molecule has 1 aromatic carbocycles. The van der Waals surface area contributed by atoms with Crippen molar-refractivity contribution < 1.29 is 4.74 Å². The van der Waals surface area contributed by atoms with Gasteiger partial charge in [0, 0.05) is 5.56 Å². The van der Waals surface area contributed by atoms with Crippen LogP contribution < -0.4 is 4.74 Å². The molecule has 0 fully saturated rings. The van der Waals surface area contributed by atoms with Gasteiger partial charge in [-0.15, -0.1) is 22.0 Å². The molecule has 0 saturated heterocycles. The Morgan fingerprint density at radius 2 is 2.00 bits per heavy atom. The highest BCUT2D eigenvalue weighted by Gasteiger charge is 2.01. The summed E-state index contributed by atoms with van der Waals surface area (Å²) in [6, 6.07) is 11.7. The van der Waals surface area contributed by atoms with Crippen LogP contribution in [0, 0.1) is 0 Å². The van der Waals surface area contributed by atoms with E-state index in [9.17, 15) is 0 Å². The summed E-state index contributed by atoms with van der Waals surface area (Å²) in [6.07, 6.45) is 1.98. The van der Waals surface area contributed by atoms with E-state index in [4.69, 9.17) is 4.74 Å². The van der Waals surface area contributed by atoms with Crippen LogP contribution in [0.4, 0.5) is 0 Å². The lowest BCUT2D eigenvalue weighted by molar-refractivity contribution is 0.415. The van der Waals surface area contributed by atoms with Crippen molar-refractivity contribution >= 4 is 11.8 Å². The van der Waals surface area contributed by atoms with E-state index >= 15 is 0 Å². The van der Waals surface area contributed by atoms with Gasteiger partial charge in [0.1, 0.15) is 10.8 Å². The Bertz CT molecular complexity index is 471. The molecule has 0 spiro atoms. The normalized spacial score (nSPS) is 10.1.